The van der Waals surface area contributed by atoms with Gasteiger partial charge in [0.2, 0.25) is 11.7 Å². The maximum Gasteiger partial charge on any atom is 0.246 e. The van der Waals surface area contributed by atoms with Crippen LogP contribution in [0.3, 0.4) is 0 Å². The number of carbonyl (C=O) groups excluding carboxylic acids is 1. The molecule has 1 amide bonds. The highest BCUT2D eigenvalue weighted by Crippen LogP contribution is 2.10. The summed E-state index contributed by atoms with van der Waals surface area (Å²) in [7, 11) is 0. The molecule has 2 rings (SSSR count). The van der Waals surface area contributed by atoms with Crippen LogP contribution in [0.4, 0.5) is 0 Å². The fourth-order valence-corrected chi connectivity index (χ4v) is 1.72. The minimum atomic E-state index is -0.0138. The Kier molecular flexibility index (Phi) is 4.17. The number of nitrogens with zero attached hydrogens (tertiary/aromatic N) is 6. The normalized spacial score (nSPS) is 10.4. The third kappa shape index (κ3) is 3.12. The molecule has 0 fully saturated rings. The van der Waals surface area contributed by atoms with E-state index in [-0.39, 0.29) is 12.5 Å². The second kappa shape index (κ2) is 6.03. The summed E-state index contributed by atoms with van der Waals surface area (Å²) in [5.74, 6) is 0.459. The summed E-state index contributed by atoms with van der Waals surface area (Å²) in [5.41, 5.74) is 0.782. The number of likely N-dealkylation sites (N-methyl/N-ethyl adjacent to an activating group) is 1. The molecule has 0 unspecified atom stereocenters. The fraction of sp³-hybridized carbons (Fsp3) is 0.417. The summed E-state index contributed by atoms with van der Waals surface area (Å²) in [4.78, 5) is 18.9. The number of rotatable bonds is 5. The van der Waals surface area contributed by atoms with Crippen molar-refractivity contribution in [3.8, 4) is 11.4 Å². The Labute approximate surface area is 111 Å². The maximum absolute atomic E-state index is 11.9. The Morgan fingerprint density at radius 2 is 2.16 bits per heavy atom. The lowest BCUT2D eigenvalue weighted by molar-refractivity contribution is -0.131. The zero-order valence-corrected chi connectivity index (χ0v) is 11.0. The largest absolute Gasteiger partial charge is 0.342 e. The quantitative estimate of drug-likeness (QED) is 0.787. The van der Waals surface area contributed by atoms with Crippen molar-refractivity contribution < 1.29 is 4.79 Å². The van der Waals surface area contributed by atoms with E-state index in [1.807, 2.05) is 19.9 Å². The molecule has 2 aromatic heterocycles. The molecule has 0 aliphatic rings. The van der Waals surface area contributed by atoms with Crippen LogP contribution in [0.15, 0.2) is 24.5 Å². The van der Waals surface area contributed by atoms with Crippen LogP contribution in [-0.4, -0.2) is 49.1 Å². The van der Waals surface area contributed by atoms with E-state index in [0.29, 0.717) is 18.9 Å². The second-order valence-corrected chi connectivity index (χ2v) is 3.95. The summed E-state index contributed by atoms with van der Waals surface area (Å²) < 4.78 is 0. The first kappa shape index (κ1) is 13.1. The van der Waals surface area contributed by atoms with E-state index in [1.54, 1.807) is 23.4 Å². The van der Waals surface area contributed by atoms with Gasteiger partial charge in [0.15, 0.2) is 0 Å². The fourth-order valence-electron chi connectivity index (χ4n) is 1.72. The first-order valence-corrected chi connectivity index (χ1v) is 6.20. The van der Waals surface area contributed by atoms with Gasteiger partial charge in [-0.25, -0.2) is 0 Å². The molecule has 0 saturated heterocycles. The van der Waals surface area contributed by atoms with Crippen LogP contribution < -0.4 is 0 Å². The lowest BCUT2D eigenvalue weighted by Gasteiger charge is -2.17. The number of hydrogen-bond donors (Lipinski definition) is 0. The van der Waals surface area contributed by atoms with Crippen molar-refractivity contribution in [2.45, 2.75) is 20.4 Å². The van der Waals surface area contributed by atoms with Crippen LogP contribution in [0.5, 0.6) is 0 Å². The molecule has 0 atom stereocenters. The molecule has 0 aliphatic heterocycles. The number of aromatic nitrogens is 5. The highest BCUT2D eigenvalue weighted by Gasteiger charge is 2.13. The van der Waals surface area contributed by atoms with Gasteiger partial charge in [0, 0.05) is 31.0 Å². The Morgan fingerprint density at radius 1 is 1.37 bits per heavy atom. The molecule has 0 aliphatic carbocycles. The van der Waals surface area contributed by atoms with Gasteiger partial charge < -0.3 is 4.90 Å². The summed E-state index contributed by atoms with van der Waals surface area (Å²) in [6.07, 6.45) is 3.34. The zero-order valence-electron chi connectivity index (χ0n) is 11.0. The summed E-state index contributed by atoms with van der Waals surface area (Å²) in [6, 6.07) is 3.65. The first-order valence-electron chi connectivity index (χ1n) is 6.20. The van der Waals surface area contributed by atoms with Crippen molar-refractivity contribution in [2.24, 2.45) is 0 Å². The third-order valence-corrected chi connectivity index (χ3v) is 2.77. The van der Waals surface area contributed by atoms with E-state index < -0.39 is 0 Å². The average molecular weight is 260 g/mol. The summed E-state index contributed by atoms with van der Waals surface area (Å²) in [5, 5.41) is 12.0. The van der Waals surface area contributed by atoms with E-state index in [2.05, 4.69) is 20.4 Å². The van der Waals surface area contributed by atoms with Crippen molar-refractivity contribution in [2.75, 3.05) is 13.1 Å². The van der Waals surface area contributed by atoms with Crippen LogP contribution in [0.25, 0.3) is 11.4 Å². The lowest BCUT2D eigenvalue weighted by atomic mass is 10.3. The highest BCUT2D eigenvalue weighted by molar-refractivity contribution is 5.75. The Morgan fingerprint density at radius 3 is 2.79 bits per heavy atom. The van der Waals surface area contributed by atoms with Gasteiger partial charge in [-0.3, -0.25) is 9.78 Å². The molecule has 0 aromatic carbocycles. The lowest BCUT2D eigenvalue weighted by Crippen LogP contribution is -2.34. The van der Waals surface area contributed by atoms with E-state index in [9.17, 15) is 4.79 Å². The molecule has 0 radical (unpaired) electrons. The van der Waals surface area contributed by atoms with E-state index in [1.165, 1.54) is 4.80 Å². The molecule has 0 bridgehead atoms. The van der Waals surface area contributed by atoms with Crippen molar-refractivity contribution in [1.29, 1.82) is 0 Å². The molecule has 19 heavy (non-hydrogen) atoms. The van der Waals surface area contributed by atoms with Crippen LogP contribution in [-0.2, 0) is 11.3 Å². The van der Waals surface area contributed by atoms with Crippen molar-refractivity contribution in [1.82, 2.24) is 30.1 Å². The van der Waals surface area contributed by atoms with Crippen LogP contribution in [0.1, 0.15) is 13.8 Å². The van der Waals surface area contributed by atoms with Gasteiger partial charge in [0.25, 0.3) is 0 Å². The highest BCUT2D eigenvalue weighted by atomic mass is 16.2. The van der Waals surface area contributed by atoms with Gasteiger partial charge in [-0.15, -0.1) is 10.2 Å². The van der Waals surface area contributed by atoms with E-state index >= 15 is 0 Å². The second-order valence-electron chi connectivity index (χ2n) is 3.95. The summed E-state index contributed by atoms with van der Waals surface area (Å²) in [6.45, 7) is 5.35. The predicted molar refractivity (Wildman–Crippen MR) is 69.0 cm³/mol. The number of amides is 1. The number of tetrazole rings is 1. The van der Waals surface area contributed by atoms with E-state index in [4.69, 9.17) is 0 Å². The van der Waals surface area contributed by atoms with Gasteiger partial charge in [0.05, 0.1) is 0 Å². The SMILES string of the molecule is CCN(CC)C(=O)Cn1nnc(-c2cccnc2)n1. The molecule has 100 valence electrons. The standard InChI is InChI=1S/C12H16N6O/c1-3-17(4-2)11(19)9-18-15-12(14-16-18)10-6-5-7-13-8-10/h5-8H,3-4,9H2,1-2H3. The van der Waals surface area contributed by atoms with Gasteiger partial charge in [0.1, 0.15) is 6.54 Å². The van der Waals surface area contributed by atoms with Gasteiger partial charge in [-0.1, -0.05) is 0 Å². The van der Waals surface area contributed by atoms with Crippen LogP contribution in [0, 0.1) is 0 Å². The van der Waals surface area contributed by atoms with Gasteiger partial charge in [-0.05, 0) is 31.2 Å². The van der Waals surface area contributed by atoms with Crippen molar-refractivity contribution >= 4 is 5.91 Å². The Balaban J connectivity index is 2.08. The van der Waals surface area contributed by atoms with Crippen molar-refractivity contribution in [3.63, 3.8) is 0 Å². The Bertz CT molecular complexity index is 534. The molecule has 0 spiro atoms. The average Bonchev–Trinajstić information content (AvgIpc) is 2.89. The molecule has 0 N–H and O–H groups in total. The predicted octanol–water partition coefficient (Wildman–Crippen LogP) is 0.603. The molecule has 7 heteroatoms. The van der Waals surface area contributed by atoms with E-state index in [0.717, 1.165) is 5.56 Å². The Hall–Kier alpha value is -2.31. The number of carbonyl (C=O) groups is 1. The molecular formula is C12H16N6O. The molecular weight excluding hydrogens is 244 g/mol. The zero-order chi connectivity index (χ0) is 13.7. The van der Waals surface area contributed by atoms with Gasteiger partial charge in [-0.2, -0.15) is 4.80 Å². The molecule has 2 heterocycles. The monoisotopic (exact) mass is 260 g/mol. The maximum atomic E-state index is 11.9. The van der Waals surface area contributed by atoms with Crippen molar-refractivity contribution in [3.05, 3.63) is 24.5 Å². The smallest absolute Gasteiger partial charge is 0.246 e. The minimum absolute atomic E-state index is 0.0138. The molecule has 0 saturated carbocycles. The molecule has 2 aromatic rings. The molecule has 7 nitrogen and oxygen atoms in total. The van der Waals surface area contributed by atoms with Gasteiger partial charge >= 0.3 is 0 Å². The summed E-state index contributed by atoms with van der Waals surface area (Å²) >= 11 is 0. The van der Waals surface area contributed by atoms with Crippen LogP contribution in [0.2, 0.25) is 0 Å². The topological polar surface area (TPSA) is 76.8 Å². The van der Waals surface area contributed by atoms with Crippen LogP contribution >= 0.6 is 0 Å². The minimum Gasteiger partial charge on any atom is -0.342 e. The third-order valence-electron chi connectivity index (χ3n) is 2.77. The first-order chi connectivity index (χ1) is 9.24. The number of pyridine rings is 1. The number of hydrogen-bond acceptors (Lipinski definition) is 5.